The molecule has 0 aromatic carbocycles. The van der Waals surface area contributed by atoms with Gasteiger partial charge in [0.05, 0.1) is 5.75 Å². The lowest BCUT2D eigenvalue weighted by Gasteiger charge is -2.16. The van der Waals surface area contributed by atoms with Gasteiger partial charge in [0.25, 0.3) is 0 Å². The van der Waals surface area contributed by atoms with Gasteiger partial charge in [0, 0.05) is 16.4 Å². The van der Waals surface area contributed by atoms with Crippen LogP contribution < -0.4 is 0 Å². The van der Waals surface area contributed by atoms with Gasteiger partial charge in [-0.05, 0) is 18.9 Å². The first-order valence-corrected chi connectivity index (χ1v) is 6.98. The van der Waals surface area contributed by atoms with Gasteiger partial charge in [-0.2, -0.15) is 0 Å². The zero-order valence-electron chi connectivity index (χ0n) is 9.96. The van der Waals surface area contributed by atoms with Crippen molar-refractivity contribution in [2.24, 2.45) is 0 Å². The number of hydrogen-bond acceptors (Lipinski definition) is 3. The molecular formula is C12H17ClN2S. The molecule has 4 heteroatoms. The molecule has 0 aliphatic heterocycles. The maximum Gasteiger partial charge on any atom is 0.140 e. The van der Waals surface area contributed by atoms with E-state index >= 15 is 0 Å². The minimum Gasteiger partial charge on any atom is -0.237 e. The highest BCUT2D eigenvalue weighted by atomic mass is 35.5. The van der Waals surface area contributed by atoms with E-state index in [0.717, 1.165) is 17.3 Å². The summed E-state index contributed by atoms with van der Waals surface area (Å²) in [5.74, 6) is 2.34. The van der Waals surface area contributed by atoms with E-state index in [2.05, 4.69) is 30.7 Å². The van der Waals surface area contributed by atoms with Gasteiger partial charge in [-0.3, -0.25) is 0 Å². The molecule has 1 heterocycles. The summed E-state index contributed by atoms with van der Waals surface area (Å²) >= 11 is 7.86. The molecule has 16 heavy (non-hydrogen) atoms. The van der Waals surface area contributed by atoms with Crippen molar-refractivity contribution in [2.45, 2.75) is 50.0 Å². The molecule has 0 unspecified atom stereocenters. The van der Waals surface area contributed by atoms with E-state index in [1.54, 1.807) is 0 Å². The van der Waals surface area contributed by atoms with Crippen molar-refractivity contribution in [3.05, 3.63) is 22.7 Å². The quantitative estimate of drug-likeness (QED) is 0.764. The Kier molecular flexibility index (Phi) is 3.45. The van der Waals surface area contributed by atoms with Crippen molar-refractivity contribution in [3.63, 3.8) is 0 Å². The number of halogens is 1. The third-order valence-corrected chi connectivity index (χ3v) is 3.85. The molecule has 0 saturated heterocycles. The second kappa shape index (κ2) is 4.53. The van der Waals surface area contributed by atoms with Crippen LogP contribution in [0.1, 0.15) is 51.0 Å². The van der Waals surface area contributed by atoms with Crippen molar-refractivity contribution < 1.29 is 0 Å². The Labute approximate surface area is 106 Å². The number of nitrogens with zero attached hydrogens (tertiary/aromatic N) is 2. The molecule has 1 aromatic heterocycles. The summed E-state index contributed by atoms with van der Waals surface area (Å²) in [5.41, 5.74) is 1.13. The molecule has 1 aromatic rings. The van der Waals surface area contributed by atoms with Crippen molar-refractivity contribution in [1.82, 2.24) is 9.97 Å². The Balaban J connectivity index is 2.08. The summed E-state index contributed by atoms with van der Waals surface area (Å²) in [6, 6.07) is 1.91. The number of aromatic nitrogens is 2. The fourth-order valence-electron chi connectivity index (χ4n) is 1.42. The lowest BCUT2D eigenvalue weighted by molar-refractivity contribution is 0.799. The molecule has 0 atom stereocenters. The molecule has 2 rings (SSSR count). The van der Waals surface area contributed by atoms with E-state index in [0.29, 0.717) is 11.1 Å². The van der Waals surface area contributed by atoms with Crippen LogP contribution >= 0.6 is 23.4 Å². The summed E-state index contributed by atoms with van der Waals surface area (Å²) in [7, 11) is 0. The number of hydrogen-bond donors (Lipinski definition) is 0. The fourth-order valence-corrected chi connectivity index (χ4v) is 2.32. The minimum absolute atomic E-state index is 0.241. The molecule has 0 radical (unpaired) electrons. The zero-order valence-corrected chi connectivity index (χ0v) is 11.5. The van der Waals surface area contributed by atoms with Crippen LogP contribution in [0.15, 0.2) is 6.07 Å². The lowest BCUT2D eigenvalue weighted by Crippen LogP contribution is -2.09. The molecule has 1 saturated carbocycles. The molecule has 0 spiro atoms. The van der Waals surface area contributed by atoms with E-state index in [-0.39, 0.29) is 4.75 Å². The van der Waals surface area contributed by atoms with Gasteiger partial charge in [-0.15, -0.1) is 11.8 Å². The average molecular weight is 257 g/mol. The lowest BCUT2D eigenvalue weighted by atomic mass is 10.3. The number of rotatable bonds is 3. The second-order valence-electron chi connectivity index (χ2n) is 5.21. The van der Waals surface area contributed by atoms with E-state index in [4.69, 9.17) is 11.6 Å². The summed E-state index contributed by atoms with van der Waals surface area (Å²) < 4.78 is 0.241. The topological polar surface area (TPSA) is 25.8 Å². The molecule has 0 amide bonds. The van der Waals surface area contributed by atoms with Crippen LogP contribution in [0.2, 0.25) is 5.15 Å². The SMILES string of the molecule is CC(C)(C)SCc1nc(Cl)cc(C2CC2)n1. The normalized spacial score (nSPS) is 16.5. The Morgan fingerprint density at radius 2 is 2.06 bits per heavy atom. The summed E-state index contributed by atoms with van der Waals surface area (Å²) in [6.45, 7) is 6.60. The predicted molar refractivity (Wildman–Crippen MR) is 70.1 cm³/mol. The van der Waals surface area contributed by atoms with Crippen molar-refractivity contribution in [2.75, 3.05) is 0 Å². The highest BCUT2D eigenvalue weighted by Gasteiger charge is 2.26. The van der Waals surface area contributed by atoms with Gasteiger partial charge in [0.1, 0.15) is 11.0 Å². The van der Waals surface area contributed by atoms with E-state index in [1.165, 1.54) is 12.8 Å². The van der Waals surface area contributed by atoms with Crippen molar-refractivity contribution >= 4 is 23.4 Å². The second-order valence-corrected chi connectivity index (χ2v) is 7.40. The van der Waals surface area contributed by atoms with Crippen LogP contribution in [-0.2, 0) is 5.75 Å². The summed E-state index contributed by atoms with van der Waals surface area (Å²) in [6.07, 6.45) is 2.50. The maximum absolute atomic E-state index is 6.01. The van der Waals surface area contributed by atoms with E-state index < -0.39 is 0 Å². The third-order valence-electron chi connectivity index (χ3n) is 2.39. The first-order valence-electron chi connectivity index (χ1n) is 5.61. The van der Waals surface area contributed by atoms with Gasteiger partial charge >= 0.3 is 0 Å². The van der Waals surface area contributed by atoms with Crippen LogP contribution in [0.25, 0.3) is 0 Å². The first kappa shape index (κ1) is 12.2. The molecule has 1 aliphatic carbocycles. The Morgan fingerprint density at radius 3 is 2.62 bits per heavy atom. The minimum atomic E-state index is 0.241. The van der Waals surface area contributed by atoms with Crippen LogP contribution in [0, 0.1) is 0 Å². The molecule has 1 aliphatic rings. The Morgan fingerprint density at radius 1 is 1.38 bits per heavy atom. The standard InChI is InChI=1S/C12H17ClN2S/c1-12(2,3)16-7-11-14-9(8-4-5-8)6-10(13)15-11/h6,8H,4-5,7H2,1-3H3. The van der Waals surface area contributed by atoms with Crippen molar-refractivity contribution in [1.29, 1.82) is 0 Å². The van der Waals surface area contributed by atoms with Crippen LogP contribution in [-0.4, -0.2) is 14.7 Å². The van der Waals surface area contributed by atoms with Crippen LogP contribution in [0.4, 0.5) is 0 Å². The Bertz CT molecular complexity index is 383. The summed E-state index contributed by atoms with van der Waals surface area (Å²) in [5, 5.41) is 0.585. The molecule has 88 valence electrons. The molecule has 0 bridgehead atoms. The van der Waals surface area contributed by atoms with Gasteiger partial charge in [-0.1, -0.05) is 32.4 Å². The van der Waals surface area contributed by atoms with E-state index in [9.17, 15) is 0 Å². The highest BCUT2D eigenvalue weighted by molar-refractivity contribution is 7.99. The smallest absolute Gasteiger partial charge is 0.140 e. The predicted octanol–water partition coefficient (Wildman–Crippen LogP) is 4.04. The van der Waals surface area contributed by atoms with Gasteiger partial charge in [-0.25, -0.2) is 9.97 Å². The maximum atomic E-state index is 6.01. The van der Waals surface area contributed by atoms with Gasteiger partial charge < -0.3 is 0 Å². The first-order chi connectivity index (χ1) is 7.44. The van der Waals surface area contributed by atoms with Gasteiger partial charge in [0.15, 0.2) is 0 Å². The fraction of sp³-hybridized carbons (Fsp3) is 0.667. The van der Waals surface area contributed by atoms with Crippen LogP contribution in [0.5, 0.6) is 0 Å². The molecule has 2 nitrogen and oxygen atoms in total. The van der Waals surface area contributed by atoms with E-state index in [1.807, 2.05) is 17.8 Å². The van der Waals surface area contributed by atoms with Crippen LogP contribution in [0.3, 0.4) is 0 Å². The monoisotopic (exact) mass is 256 g/mol. The van der Waals surface area contributed by atoms with Crippen molar-refractivity contribution in [3.8, 4) is 0 Å². The average Bonchev–Trinajstić information content (AvgIpc) is 2.95. The molecule has 1 fully saturated rings. The molecular weight excluding hydrogens is 240 g/mol. The largest absolute Gasteiger partial charge is 0.237 e. The van der Waals surface area contributed by atoms with Gasteiger partial charge in [0.2, 0.25) is 0 Å². The zero-order chi connectivity index (χ0) is 11.8. The third kappa shape index (κ3) is 3.63. The summed E-state index contributed by atoms with van der Waals surface area (Å²) in [4.78, 5) is 8.86. The molecule has 0 N–H and O–H groups in total. The number of thioether (sulfide) groups is 1. The Hall–Kier alpha value is -0.280. The highest BCUT2D eigenvalue weighted by Crippen LogP contribution is 2.39.